The van der Waals surface area contributed by atoms with Crippen molar-refractivity contribution in [3.63, 3.8) is 0 Å². The van der Waals surface area contributed by atoms with E-state index in [9.17, 15) is 4.79 Å². The minimum absolute atomic E-state index is 0.0691. The molecule has 0 aliphatic carbocycles. The molecule has 1 unspecified atom stereocenters. The van der Waals surface area contributed by atoms with Crippen molar-refractivity contribution in [1.82, 2.24) is 4.90 Å². The topological polar surface area (TPSA) is 29.5 Å². The molecular weight excluding hydrogens is 286 g/mol. The zero-order valence-corrected chi connectivity index (χ0v) is 13.3. The monoisotopic (exact) mass is 307 g/mol. The smallest absolute Gasteiger partial charge is 0.254 e. The van der Waals surface area contributed by atoms with Crippen molar-refractivity contribution in [2.75, 3.05) is 20.2 Å². The predicted octanol–water partition coefficient (Wildman–Crippen LogP) is 3.47. The second-order valence-corrected chi connectivity index (χ2v) is 5.73. The van der Waals surface area contributed by atoms with Crippen LogP contribution in [0.15, 0.2) is 60.7 Å². The van der Waals surface area contributed by atoms with Gasteiger partial charge in [0.15, 0.2) is 0 Å². The van der Waals surface area contributed by atoms with Crippen molar-refractivity contribution in [1.29, 1.82) is 0 Å². The fourth-order valence-electron chi connectivity index (χ4n) is 2.88. The van der Waals surface area contributed by atoms with Gasteiger partial charge in [-0.05, 0) is 23.6 Å². The number of benzene rings is 2. The Morgan fingerprint density at radius 3 is 2.35 bits per heavy atom. The van der Waals surface area contributed by atoms with Gasteiger partial charge in [0.25, 0.3) is 5.91 Å². The molecule has 1 fully saturated rings. The molecule has 2 aromatic rings. The minimum atomic E-state index is 0.0691. The van der Waals surface area contributed by atoms with Crippen LogP contribution in [0.25, 0.3) is 11.6 Å². The van der Waals surface area contributed by atoms with Crippen LogP contribution in [0.5, 0.6) is 0 Å². The van der Waals surface area contributed by atoms with Crippen LogP contribution >= 0.6 is 0 Å². The predicted molar refractivity (Wildman–Crippen MR) is 92.7 cm³/mol. The number of ether oxygens (including phenoxy) is 1. The molecule has 0 spiro atoms. The highest BCUT2D eigenvalue weighted by Gasteiger charge is 2.28. The van der Waals surface area contributed by atoms with Crippen LogP contribution in [0, 0.1) is 0 Å². The first-order chi connectivity index (χ1) is 11.3. The average Bonchev–Trinajstić information content (AvgIpc) is 3.10. The van der Waals surface area contributed by atoms with Gasteiger partial charge in [-0.2, -0.15) is 0 Å². The summed E-state index contributed by atoms with van der Waals surface area (Å²) in [5, 5.41) is 0. The van der Waals surface area contributed by atoms with Gasteiger partial charge in [-0.3, -0.25) is 4.79 Å². The van der Waals surface area contributed by atoms with Crippen LogP contribution in [0.2, 0.25) is 0 Å². The van der Waals surface area contributed by atoms with Crippen molar-refractivity contribution in [3.8, 4) is 0 Å². The summed E-state index contributed by atoms with van der Waals surface area (Å²) in [7, 11) is 1.70. The third kappa shape index (κ3) is 3.69. The first-order valence-electron chi connectivity index (χ1n) is 7.92. The maximum absolute atomic E-state index is 13.0. The Labute approximate surface area is 137 Å². The van der Waals surface area contributed by atoms with Crippen LogP contribution in [0.4, 0.5) is 0 Å². The van der Waals surface area contributed by atoms with Crippen molar-refractivity contribution in [2.24, 2.45) is 0 Å². The Morgan fingerprint density at radius 2 is 1.74 bits per heavy atom. The van der Waals surface area contributed by atoms with E-state index in [0.717, 1.165) is 29.7 Å². The van der Waals surface area contributed by atoms with Crippen molar-refractivity contribution >= 4 is 17.6 Å². The first-order valence-corrected chi connectivity index (χ1v) is 7.92. The van der Waals surface area contributed by atoms with Crippen LogP contribution in [-0.4, -0.2) is 37.1 Å². The number of carbonyl (C=O) groups excluding carboxylic acids is 1. The zero-order chi connectivity index (χ0) is 16.1. The lowest BCUT2D eigenvalue weighted by Gasteiger charge is -2.18. The van der Waals surface area contributed by atoms with E-state index < -0.39 is 0 Å². The summed E-state index contributed by atoms with van der Waals surface area (Å²) in [6.45, 7) is 1.41. The molecule has 3 nitrogen and oxygen atoms in total. The summed E-state index contributed by atoms with van der Waals surface area (Å²) >= 11 is 0. The van der Waals surface area contributed by atoms with Crippen LogP contribution in [-0.2, 0) is 9.53 Å². The van der Waals surface area contributed by atoms with Gasteiger partial charge in [0.05, 0.1) is 6.10 Å². The van der Waals surface area contributed by atoms with Gasteiger partial charge in [0.2, 0.25) is 0 Å². The number of likely N-dealkylation sites (tertiary alicyclic amines) is 1. The Bertz CT molecular complexity index is 679. The molecule has 1 atom stereocenters. The van der Waals surface area contributed by atoms with Crippen LogP contribution in [0.1, 0.15) is 17.5 Å². The molecule has 23 heavy (non-hydrogen) atoms. The van der Waals surface area contributed by atoms with Gasteiger partial charge in [0.1, 0.15) is 0 Å². The number of carbonyl (C=O) groups is 1. The number of hydrogen-bond donors (Lipinski definition) is 0. The largest absolute Gasteiger partial charge is 0.380 e. The third-order valence-electron chi connectivity index (χ3n) is 4.19. The van der Waals surface area contributed by atoms with E-state index in [1.165, 1.54) is 0 Å². The fourth-order valence-corrected chi connectivity index (χ4v) is 2.88. The summed E-state index contributed by atoms with van der Waals surface area (Å²) < 4.78 is 5.38. The van der Waals surface area contributed by atoms with E-state index in [4.69, 9.17) is 4.74 Å². The highest BCUT2D eigenvalue weighted by atomic mass is 16.5. The average molecular weight is 307 g/mol. The first kappa shape index (κ1) is 15.5. The SMILES string of the molecule is COC1CCN(C(=O)/C(=C\c2ccccc2)c2ccccc2)C1. The second kappa shape index (κ2) is 7.25. The molecule has 0 saturated carbocycles. The normalized spacial score (nSPS) is 18.2. The summed E-state index contributed by atoms with van der Waals surface area (Å²) in [4.78, 5) is 14.9. The summed E-state index contributed by atoms with van der Waals surface area (Å²) in [5.41, 5.74) is 2.71. The molecule has 3 heteroatoms. The Balaban J connectivity index is 1.93. The number of nitrogens with zero attached hydrogens (tertiary/aromatic N) is 1. The zero-order valence-electron chi connectivity index (χ0n) is 13.3. The van der Waals surface area contributed by atoms with E-state index >= 15 is 0 Å². The standard InChI is InChI=1S/C20H21NO2/c1-23-18-12-13-21(15-18)20(22)19(17-10-6-3-7-11-17)14-16-8-4-2-5-9-16/h2-11,14,18H,12-13,15H2,1H3/b19-14-. The molecule has 0 bridgehead atoms. The summed E-state index contributed by atoms with van der Waals surface area (Å²) in [6, 6.07) is 19.8. The molecule has 0 aromatic heterocycles. The fraction of sp³-hybridized carbons (Fsp3) is 0.250. The lowest BCUT2D eigenvalue weighted by Crippen LogP contribution is -2.30. The number of hydrogen-bond acceptors (Lipinski definition) is 2. The van der Waals surface area contributed by atoms with Gasteiger partial charge in [0, 0.05) is 25.8 Å². The van der Waals surface area contributed by atoms with E-state index in [1.807, 2.05) is 71.6 Å². The Kier molecular flexibility index (Phi) is 4.89. The molecule has 3 rings (SSSR count). The summed E-state index contributed by atoms with van der Waals surface area (Å²) in [6.07, 6.45) is 3.01. The van der Waals surface area contributed by atoms with Crippen molar-refractivity contribution in [2.45, 2.75) is 12.5 Å². The van der Waals surface area contributed by atoms with Gasteiger partial charge < -0.3 is 9.64 Å². The molecular formula is C20H21NO2. The highest BCUT2D eigenvalue weighted by Crippen LogP contribution is 2.23. The van der Waals surface area contributed by atoms with Crippen molar-refractivity contribution < 1.29 is 9.53 Å². The number of amides is 1. The van der Waals surface area contributed by atoms with E-state index in [1.54, 1.807) is 7.11 Å². The maximum atomic E-state index is 13.0. The molecule has 2 aromatic carbocycles. The minimum Gasteiger partial charge on any atom is -0.380 e. The molecule has 1 saturated heterocycles. The van der Waals surface area contributed by atoms with Gasteiger partial charge in [-0.25, -0.2) is 0 Å². The van der Waals surface area contributed by atoms with Crippen LogP contribution < -0.4 is 0 Å². The maximum Gasteiger partial charge on any atom is 0.254 e. The lowest BCUT2D eigenvalue weighted by molar-refractivity contribution is -0.124. The second-order valence-electron chi connectivity index (χ2n) is 5.73. The van der Waals surface area contributed by atoms with Crippen molar-refractivity contribution in [3.05, 3.63) is 71.8 Å². The molecule has 0 N–H and O–H groups in total. The molecule has 1 heterocycles. The van der Waals surface area contributed by atoms with E-state index in [0.29, 0.717) is 6.54 Å². The quantitative estimate of drug-likeness (QED) is 0.639. The Morgan fingerprint density at radius 1 is 1.09 bits per heavy atom. The third-order valence-corrected chi connectivity index (χ3v) is 4.19. The molecule has 1 aliphatic heterocycles. The summed E-state index contributed by atoms with van der Waals surface area (Å²) in [5.74, 6) is 0.0691. The van der Waals surface area contributed by atoms with Gasteiger partial charge >= 0.3 is 0 Å². The Hall–Kier alpha value is -2.39. The van der Waals surface area contributed by atoms with Gasteiger partial charge in [-0.15, -0.1) is 0 Å². The van der Waals surface area contributed by atoms with E-state index in [-0.39, 0.29) is 12.0 Å². The molecule has 0 radical (unpaired) electrons. The van der Waals surface area contributed by atoms with E-state index in [2.05, 4.69) is 0 Å². The number of rotatable bonds is 4. The molecule has 118 valence electrons. The number of methoxy groups -OCH3 is 1. The highest BCUT2D eigenvalue weighted by molar-refractivity contribution is 6.24. The van der Waals surface area contributed by atoms with Gasteiger partial charge in [-0.1, -0.05) is 60.7 Å². The molecule has 1 amide bonds. The molecule has 1 aliphatic rings. The van der Waals surface area contributed by atoms with Crippen LogP contribution in [0.3, 0.4) is 0 Å². The lowest BCUT2D eigenvalue weighted by atomic mass is 10.0.